The smallest absolute Gasteiger partial charge is 0.339 e. The SMILES string of the molecule is CCNCc1ccc(Sc2ncc[nH]2)c(C(F)(F)F)c1. The summed E-state index contributed by atoms with van der Waals surface area (Å²) < 4.78 is 39.3. The van der Waals surface area contributed by atoms with Crippen LogP contribution in [-0.4, -0.2) is 16.5 Å². The van der Waals surface area contributed by atoms with E-state index in [0.717, 1.165) is 11.8 Å². The highest BCUT2D eigenvalue weighted by molar-refractivity contribution is 7.99. The molecule has 0 saturated carbocycles. The average molecular weight is 301 g/mol. The highest BCUT2D eigenvalue weighted by Gasteiger charge is 2.34. The zero-order valence-corrected chi connectivity index (χ0v) is 11.6. The van der Waals surface area contributed by atoms with Crippen LogP contribution < -0.4 is 5.32 Å². The Hall–Kier alpha value is -1.47. The number of imidazole rings is 1. The Morgan fingerprint density at radius 3 is 2.75 bits per heavy atom. The van der Waals surface area contributed by atoms with E-state index in [1.807, 2.05) is 6.92 Å². The predicted molar refractivity (Wildman–Crippen MR) is 71.5 cm³/mol. The van der Waals surface area contributed by atoms with Gasteiger partial charge in [-0.2, -0.15) is 13.2 Å². The molecule has 2 N–H and O–H groups in total. The van der Waals surface area contributed by atoms with Gasteiger partial charge in [0, 0.05) is 23.8 Å². The molecule has 20 heavy (non-hydrogen) atoms. The van der Waals surface area contributed by atoms with Crippen molar-refractivity contribution >= 4 is 11.8 Å². The molecule has 3 nitrogen and oxygen atoms in total. The minimum atomic E-state index is -4.38. The van der Waals surface area contributed by atoms with Gasteiger partial charge in [0.1, 0.15) is 0 Å². The van der Waals surface area contributed by atoms with Crippen molar-refractivity contribution in [1.82, 2.24) is 15.3 Å². The van der Waals surface area contributed by atoms with Gasteiger partial charge in [0.25, 0.3) is 0 Å². The second kappa shape index (κ2) is 6.32. The molecule has 0 aliphatic rings. The first-order valence-electron chi connectivity index (χ1n) is 6.08. The van der Waals surface area contributed by atoms with E-state index in [0.29, 0.717) is 23.8 Å². The van der Waals surface area contributed by atoms with E-state index >= 15 is 0 Å². The minimum Gasteiger partial charge on any atom is -0.339 e. The number of hydrogen-bond donors (Lipinski definition) is 2. The normalized spacial score (nSPS) is 11.8. The number of aromatic nitrogens is 2. The molecule has 7 heteroatoms. The van der Waals surface area contributed by atoms with Crippen molar-refractivity contribution in [1.29, 1.82) is 0 Å². The van der Waals surface area contributed by atoms with Crippen LogP contribution >= 0.6 is 11.8 Å². The summed E-state index contributed by atoms with van der Waals surface area (Å²) in [6, 6.07) is 4.37. The van der Waals surface area contributed by atoms with Crippen molar-refractivity contribution in [3.63, 3.8) is 0 Å². The zero-order chi connectivity index (χ0) is 14.6. The molecule has 0 atom stereocenters. The average Bonchev–Trinajstić information content (AvgIpc) is 2.89. The maximum absolute atomic E-state index is 13.1. The van der Waals surface area contributed by atoms with E-state index in [-0.39, 0.29) is 4.90 Å². The summed E-state index contributed by atoms with van der Waals surface area (Å²) in [5.41, 5.74) is -0.0164. The van der Waals surface area contributed by atoms with Gasteiger partial charge < -0.3 is 10.3 Å². The molecule has 0 aliphatic heterocycles. The van der Waals surface area contributed by atoms with E-state index in [1.54, 1.807) is 12.3 Å². The van der Waals surface area contributed by atoms with Gasteiger partial charge >= 0.3 is 6.18 Å². The number of alkyl halides is 3. The van der Waals surface area contributed by atoms with Crippen LogP contribution in [0.2, 0.25) is 0 Å². The minimum absolute atomic E-state index is 0.146. The number of H-pyrrole nitrogens is 1. The van der Waals surface area contributed by atoms with Crippen molar-refractivity contribution in [3.8, 4) is 0 Å². The largest absolute Gasteiger partial charge is 0.417 e. The Kier molecular flexibility index (Phi) is 4.72. The maximum atomic E-state index is 13.1. The molecule has 0 bridgehead atoms. The lowest BCUT2D eigenvalue weighted by atomic mass is 10.1. The Morgan fingerprint density at radius 1 is 1.35 bits per heavy atom. The Labute approximate surface area is 119 Å². The van der Waals surface area contributed by atoms with Gasteiger partial charge in [-0.1, -0.05) is 24.8 Å². The van der Waals surface area contributed by atoms with Gasteiger partial charge in [-0.15, -0.1) is 0 Å². The first-order chi connectivity index (χ1) is 9.50. The fourth-order valence-corrected chi connectivity index (χ4v) is 2.55. The quantitative estimate of drug-likeness (QED) is 0.885. The molecule has 0 aliphatic carbocycles. The Balaban J connectivity index is 2.30. The highest BCUT2D eigenvalue weighted by atomic mass is 32.2. The number of hydrogen-bond acceptors (Lipinski definition) is 3. The summed E-state index contributed by atoms with van der Waals surface area (Å²) in [7, 11) is 0. The Bertz CT molecular complexity index is 552. The van der Waals surface area contributed by atoms with Gasteiger partial charge in [0.2, 0.25) is 0 Å². The van der Waals surface area contributed by atoms with Crippen LogP contribution in [0.5, 0.6) is 0 Å². The molecule has 2 rings (SSSR count). The molecule has 0 saturated heterocycles. The lowest BCUT2D eigenvalue weighted by Gasteiger charge is -2.13. The van der Waals surface area contributed by atoms with Crippen LogP contribution in [0.1, 0.15) is 18.1 Å². The van der Waals surface area contributed by atoms with Crippen LogP contribution in [0.25, 0.3) is 0 Å². The molecule has 1 aromatic carbocycles. The van der Waals surface area contributed by atoms with Gasteiger partial charge in [-0.05, 0) is 24.2 Å². The summed E-state index contributed by atoms with van der Waals surface area (Å²) >= 11 is 0.973. The third kappa shape index (κ3) is 3.77. The first-order valence-corrected chi connectivity index (χ1v) is 6.90. The van der Waals surface area contributed by atoms with E-state index in [4.69, 9.17) is 0 Å². The number of halogens is 3. The van der Waals surface area contributed by atoms with E-state index in [2.05, 4.69) is 15.3 Å². The van der Waals surface area contributed by atoms with Crippen molar-refractivity contribution in [2.45, 2.75) is 29.7 Å². The molecule has 108 valence electrons. The fourth-order valence-electron chi connectivity index (χ4n) is 1.68. The van der Waals surface area contributed by atoms with Crippen LogP contribution in [0, 0.1) is 0 Å². The van der Waals surface area contributed by atoms with Crippen molar-refractivity contribution < 1.29 is 13.2 Å². The predicted octanol–water partition coefficient (Wildman–Crippen LogP) is 3.69. The molecule has 2 aromatic rings. The summed E-state index contributed by atoms with van der Waals surface area (Å²) in [4.78, 5) is 6.87. The molecule has 0 fully saturated rings. The van der Waals surface area contributed by atoms with E-state index < -0.39 is 11.7 Å². The third-order valence-electron chi connectivity index (χ3n) is 2.61. The highest BCUT2D eigenvalue weighted by Crippen LogP contribution is 2.39. The first kappa shape index (κ1) is 14.9. The molecular formula is C13H14F3N3S. The number of rotatable bonds is 5. The molecule has 1 aromatic heterocycles. The summed E-state index contributed by atoms with van der Waals surface area (Å²) in [5.74, 6) is 0. The number of nitrogens with one attached hydrogen (secondary N) is 2. The summed E-state index contributed by atoms with van der Waals surface area (Å²) in [6.45, 7) is 3.04. The van der Waals surface area contributed by atoms with Gasteiger partial charge in [-0.25, -0.2) is 4.98 Å². The van der Waals surface area contributed by atoms with Crippen LogP contribution in [0.15, 0.2) is 40.6 Å². The lowest BCUT2D eigenvalue weighted by molar-refractivity contribution is -0.139. The standard InChI is InChI=1S/C13H14F3N3S/c1-2-17-8-9-3-4-11(10(7-9)13(14,15)16)20-12-18-5-6-19-12/h3-7,17H,2,8H2,1H3,(H,18,19). The second-order valence-corrected chi connectivity index (χ2v) is 5.14. The third-order valence-corrected chi connectivity index (χ3v) is 3.60. The van der Waals surface area contributed by atoms with Crippen LogP contribution in [0.4, 0.5) is 13.2 Å². The fraction of sp³-hybridized carbons (Fsp3) is 0.308. The maximum Gasteiger partial charge on any atom is 0.417 e. The van der Waals surface area contributed by atoms with E-state index in [9.17, 15) is 13.2 Å². The van der Waals surface area contributed by atoms with E-state index in [1.165, 1.54) is 18.3 Å². The monoisotopic (exact) mass is 301 g/mol. The van der Waals surface area contributed by atoms with Gasteiger partial charge in [-0.3, -0.25) is 0 Å². The number of benzene rings is 1. The molecular weight excluding hydrogens is 287 g/mol. The zero-order valence-electron chi connectivity index (χ0n) is 10.8. The van der Waals surface area contributed by atoms with Crippen LogP contribution in [0.3, 0.4) is 0 Å². The van der Waals surface area contributed by atoms with Crippen LogP contribution in [-0.2, 0) is 12.7 Å². The molecule has 0 unspecified atom stereocenters. The lowest BCUT2D eigenvalue weighted by Crippen LogP contribution is -2.13. The molecule has 0 spiro atoms. The molecule has 1 heterocycles. The summed E-state index contributed by atoms with van der Waals surface area (Å²) in [6.07, 6.45) is -1.29. The molecule has 0 amide bonds. The number of aromatic amines is 1. The van der Waals surface area contributed by atoms with Gasteiger partial charge in [0.15, 0.2) is 5.16 Å². The number of nitrogens with zero attached hydrogens (tertiary/aromatic N) is 1. The topological polar surface area (TPSA) is 40.7 Å². The molecule has 0 radical (unpaired) electrons. The summed E-state index contributed by atoms with van der Waals surface area (Å²) in [5, 5.41) is 3.46. The van der Waals surface area contributed by atoms with Gasteiger partial charge in [0.05, 0.1) is 5.56 Å². The van der Waals surface area contributed by atoms with Crippen molar-refractivity contribution in [2.75, 3.05) is 6.54 Å². The van der Waals surface area contributed by atoms with Crippen molar-refractivity contribution in [3.05, 3.63) is 41.7 Å². The second-order valence-electron chi connectivity index (χ2n) is 4.10. The Morgan fingerprint density at radius 2 is 2.15 bits per heavy atom. The van der Waals surface area contributed by atoms with Crippen molar-refractivity contribution in [2.24, 2.45) is 0 Å².